The Morgan fingerprint density at radius 1 is 1.41 bits per heavy atom. The number of aliphatic carboxylic acids is 1. The smallest absolute Gasteiger partial charge is 0.340 e. The number of carboxylic acid groups (broad SMARTS) is 1. The first-order chi connectivity index (χ1) is 8.11. The number of carbonyl (C=O) groups is 1. The largest absolute Gasteiger partial charge is 0.479 e. The van der Waals surface area contributed by atoms with Gasteiger partial charge in [-0.1, -0.05) is 0 Å². The van der Waals surface area contributed by atoms with Crippen LogP contribution in [-0.2, 0) is 19.9 Å². The monoisotopic (exact) mass is 239 g/mol. The minimum atomic E-state index is -1.34. The first-order valence-corrected chi connectivity index (χ1v) is 5.38. The molecule has 5 heteroatoms. The van der Waals surface area contributed by atoms with Crippen LogP contribution in [0.3, 0.4) is 0 Å². The summed E-state index contributed by atoms with van der Waals surface area (Å²) >= 11 is 0. The summed E-state index contributed by atoms with van der Waals surface area (Å²) in [6.07, 6.45) is 3.76. The summed E-state index contributed by atoms with van der Waals surface area (Å²) in [7, 11) is 1.60. The first kappa shape index (κ1) is 13.6. The van der Waals surface area contributed by atoms with Gasteiger partial charge in [-0.05, 0) is 31.0 Å². The van der Waals surface area contributed by atoms with Crippen molar-refractivity contribution < 1.29 is 19.4 Å². The molecule has 0 aromatic carbocycles. The quantitative estimate of drug-likeness (QED) is 0.729. The van der Waals surface area contributed by atoms with Gasteiger partial charge in [0.25, 0.3) is 0 Å². The maximum atomic E-state index is 11.3. The van der Waals surface area contributed by atoms with E-state index >= 15 is 0 Å². The molecule has 1 aromatic rings. The van der Waals surface area contributed by atoms with Crippen LogP contribution in [0.1, 0.15) is 18.9 Å². The van der Waals surface area contributed by atoms with E-state index in [1.807, 2.05) is 0 Å². The fraction of sp³-hybridized carbons (Fsp3) is 0.500. The lowest BCUT2D eigenvalue weighted by Crippen LogP contribution is -2.36. The molecule has 0 aliphatic rings. The molecular formula is C12H17NO4. The van der Waals surface area contributed by atoms with E-state index in [2.05, 4.69) is 4.98 Å². The van der Waals surface area contributed by atoms with Gasteiger partial charge in [0.15, 0.2) is 5.60 Å². The topological polar surface area (TPSA) is 68.7 Å². The van der Waals surface area contributed by atoms with Gasteiger partial charge in [-0.25, -0.2) is 4.79 Å². The molecule has 1 rings (SSSR count). The molecule has 0 spiro atoms. The highest BCUT2D eigenvalue weighted by atomic mass is 16.5. The zero-order valence-corrected chi connectivity index (χ0v) is 10.0. The Morgan fingerprint density at radius 3 is 2.59 bits per heavy atom. The highest BCUT2D eigenvalue weighted by Gasteiger charge is 2.36. The van der Waals surface area contributed by atoms with E-state index in [1.54, 1.807) is 31.6 Å². The molecule has 1 aromatic heterocycles. The molecule has 94 valence electrons. The summed E-state index contributed by atoms with van der Waals surface area (Å²) in [6.45, 7) is 2.42. The molecule has 1 heterocycles. The standard InChI is InChI=1S/C12H17NO4/c1-12(11(14)15,17-9-3-8-16-2)10-4-6-13-7-5-10/h4-7H,3,8-9H2,1-2H3,(H,14,15). The summed E-state index contributed by atoms with van der Waals surface area (Å²) < 4.78 is 10.4. The highest BCUT2D eigenvalue weighted by Crippen LogP contribution is 2.25. The summed E-state index contributed by atoms with van der Waals surface area (Å²) in [5.74, 6) is -1.01. The van der Waals surface area contributed by atoms with E-state index in [4.69, 9.17) is 9.47 Å². The Balaban J connectivity index is 2.73. The normalized spacial score (nSPS) is 14.2. The van der Waals surface area contributed by atoms with Crippen LogP contribution < -0.4 is 0 Å². The molecule has 0 aliphatic heterocycles. The fourth-order valence-electron chi connectivity index (χ4n) is 1.42. The van der Waals surface area contributed by atoms with Gasteiger partial charge in [-0.3, -0.25) is 4.98 Å². The number of rotatable bonds is 7. The van der Waals surface area contributed by atoms with Crippen LogP contribution in [0, 0.1) is 0 Å². The second-order valence-corrected chi connectivity index (χ2v) is 3.77. The molecule has 17 heavy (non-hydrogen) atoms. The number of aromatic nitrogens is 1. The maximum Gasteiger partial charge on any atom is 0.340 e. The molecule has 1 N–H and O–H groups in total. The van der Waals surface area contributed by atoms with E-state index in [0.29, 0.717) is 25.2 Å². The molecule has 5 nitrogen and oxygen atoms in total. The number of pyridine rings is 1. The number of carboxylic acids is 1. The van der Waals surface area contributed by atoms with Gasteiger partial charge in [-0.15, -0.1) is 0 Å². The average Bonchev–Trinajstić information content (AvgIpc) is 2.35. The molecule has 0 radical (unpaired) electrons. The third-order valence-corrected chi connectivity index (χ3v) is 2.52. The van der Waals surface area contributed by atoms with Crippen molar-refractivity contribution in [1.82, 2.24) is 4.98 Å². The Bertz CT molecular complexity index is 355. The molecule has 0 saturated carbocycles. The number of ether oxygens (including phenoxy) is 2. The van der Waals surface area contributed by atoms with Crippen molar-refractivity contribution in [3.05, 3.63) is 30.1 Å². The van der Waals surface area contributed by atoms with Gasteiger partial charge in [0.2, 0.25) is 0 Å². The van der Waals surface area contributed by atoms with Crippen molar-refractivity contribution in [1.29, 1.82) is 0 Å². The zero-order valence-electron chi connectivity index (χ0n) is 10.0. The molecule has 1 unspecified atom stereocenters. The van der Waals surface area contributed by atoms with Gasteiger partial charge in [0.05, 0.1) is 6.61 Å². The van der Waals surface area contributed by atoms with Crippen molar-refractivity contribution in [2.45, 2.75) is 18.9 Å². The predicted molar refractivity (Wildman–Crippen MR) is 61.7 cm³/mol. The number of hydrogen-bond donors (Lipinski definition) is 1. The second kappa shape index (κ2) is 6.32. The zero-order chi connectivity index (χ0) is 12.7. The third-order valence-electron chi connectivity index (χ3n) is 2.52. The lowest BCUT2D eigenvalue weighted by Gasteiger charge is -2.25. The van der Waals surface area contributed by atoms with Gasteiger partial charge in [0, 0.05) is 26.1 Å². The van der Waals surface area contributed by atoms with E-state index in [1.165, 1.54) is 6.92 Å². The van der Waals surface area contributed by atoms with Crippen LogP contribution in [0.5, 0.6) is 0 Å². The van der Waals surface area contributed by atoms with Crippen molar-refractivity contribution in [3.63, 3.8) is 0 Å². The van der Waals surface area contributed by atoms with E-state index < -0.39 is 11.6 Å². The van der Waals surface area contributed by atoms with Crippen molar-refractivity contribution in [2.75, 3.05) is 20.3 Å². The fourth-order valence-corrected chi connectivity index (χ4v) is 1.42. The summed E-state index contributed by atoms with van der Waals surface area (Å²) in [5, 5.41) is 9.27. The van der Waals surface area contributed by atoms with E-state index in [-0.39, 0.29) is 0 Å². The van der Waals surface area contributed by atoms with Crippen LogP contribution in [0.2, 0.25) is 0 Å². The average molecular weight is 239 g/mol. The van der Waals surface area contributed by atoms with Gasteiger partial charge in [0.1, 0.15) is 0 Å². The summed E-state index contributed by atoms with van der Waals surface area (Å²) in [4.78, 5) is 15.2. The molecule has 0 aliphatic carbocycles. The van der Waals surface area contributed by atoms with Crippen LogP contribution in [0.25, 0.3) is 0 Å². The minimum absolute atomic E-state index is 0.332. The Labute approximate surface area is 100 Å². The van der Waals surface area contributed by atoms with Gasteiger partial charge < -0.3 is 14.6 Å². The Kier molecular flexibility index (Phi) is 5.06. The Morgan fingerprint density at radius 2 is 2.06 bits per heavy atom. The van der Waals surface area contributed by atoms with Gasteiger partial charge in [-0.2, -0.15) is 0 Å². The van der Waals surface area contributed by atoms with Crippen molar-refractivity contribution >= 4 is 5.97 Å². The molecule has 0 amide bonds. The second-order valence-electron chi connectivity index (χ2n) is 3.77. The van der Waals surface area contributed by atoms with E-state index in [9.17, 15) is 9.90 Å². The van der Waals surface area contributed by atoms with Crippen LogP contribution in [0.4, 0.5) is 0 Å². The maximum absolute atomic E-state index is 11.3. The number of nitrogens with zero attached hydrogens (tertiary/aromatic N) is 1. The summed E-state index contributed by atoms with van der Waals surface area (Å²) in [5.41, 5.74) is -0.756. The van der Waals surface area contributed by atoms with E-state index in [0.717, 1.165) is 0 Å². The lowest BCUT2D eigenvalue weighted by atomic mass is 9.97. The van der Waals surface area contributed by atoms with Crippen LogP contribution in [0.15, 0.2) is 24.5 Å². The van der Waals surface area contributed by atoms with Crippen LogP contribution >= 0.6 is 0 Å². The van der Waals surface area contributed by atoms with Crippen molar-refractivity contribution in [2.24, 2.45) is 0 Å². The molecule has 0 bridgehead atoms. The predicted octanol–water partition coefficient (Wildman–Crippen LogP) is 1.43. The van der Waals surface area contributed by atoms with Gasteiger partial charge >= 0.3 is 5.97 Å². The lowest BCUT2D eigenvalue weighted by molar-refractivity contribution is -0.165. The number of hydrogen-bond acceptors (Lipinski definition) is 4. The minimum Gasteiger partial charge on any atom is -0.479 e. The molecule has 1 atom stereocenters. The molecule has 0 saturated heterocycles. The van der Waals surface area contributed by atoms with Crippen molar-refractivity contribution in [3.8, 4) is 0 Å². The molecular weight excluding hydrogens is 222 g/mol. The number of methoxy groups -OCH3 is 1. The van der Waals surface area contributed by atoms with Crippen LogP contribution in [-0.4, -0.2) is 36.4 Å². The summed E-state index contributed by atoms with van der Waals surface area (Å²) in [6, 6.07) is 3.29. The SMILES string of the molecule is COCCCOC(C)(C(=O)O)c1ccncc1. The highest BCUT2D eigenvalue weighted by molar-refractivity contribution is 5.78. The third kappa shape index (κ3) is 3.51. The first-order valence-electron chi connectivity index (χ1n) is 5.38. The Hall–Kier alpha value is -1.46. The molecule has 0 fully saturated rings.